The summed E-state index contributed by atoms with van der Waals surface area (Å²) in [6.45, 7) is 0.878. The molecule has 0 saturated carbocycles. The molecule has 2 N–H and O–H groups in total. The van der Waals surface area contributed by atoms with Crippen molar-refractivity contribution >= 4 is 6.09 Å². The summed E-state index contributed by atoms with van der Waals surface area (Å²) < 4.78 is 4.85. The Balaban J connectivity index is 3.17. The molecule has 0 rings (SSSR count). The van der Waals surface area contributed by atoms with E-state index in [1.807, 2.05) is 0 Å². The van der Waals surface area contributed by atoms with Crippen LogP contribution in [0.5, 0.6) is 0 Å². The van der Waals surface area contributed by atoms with Crippen LogP contribution in [-0.4, -0.2) is 54.6 Å². The lowest BCUT2D eigenvalue weighted by Crippen LogP contribution is -2.28. The molecule has 66 valence electrons. The van der Waals surface area contributed by atoms with Crippen LogP contribution in [0.2, 0.25) is 0 Å². The van der Waals surface area contributed by atoms with Crippen LogP contribution in [-0.2, 0) is 4.74 Å². The van der Waals surface area contributed by atoms with Gasteiger partial charge in [-0.1, -0.05) is 0 Å². The zero-order valence-electron chi connectivity index (χ0n) is 6.49. The van der Waals surface area contributed by atoms with Crippen molar-refractivity contribution in [1.82, 2.24) is 4.90 Å². The van der Waals surface area contributed by atoms with E-state index in [1.165, 1.54) is 7.05 Å². The highest BCUT2D eigenvalue weighted by atomic mass is 16.5. The number of ether oxygens (including phenoxy) is 1. The first-order valence-electron chi connectivity index (χ1n) is 3.31. The van der Waals surface area contributed by atoms with Gasteiger partial charge >= 0.3 is 6.09 Å². The van der Waals surface area contributed by atoms with Gasteiger partial charge in [0, 0.05) is 13.6 Å². The van der Waals surface area contributed by atoms with Crippen molar-refractivity contribution in [1.29, 1.82) is 0 Å². The van der Waals surface area contributed by atoms with Crippen LogP contribution < -0.4 is 0 Å². The fraction of sp³-hybridized carbons (Fsp3) is 0.833. The predicted molar refractivity (Wildman–Crippen MR) is 38.6 cm³/mol. The maximum absolute atomic E-state index is 10.2. The molecule has 0 aromatic heterocycles. The van der Waals surface area contributed by atoms with Gasteiger partial charge in [0.1, 0.15) is 0 Å². The van der Waals surface area contributed by atoms with E-state index in [-0.39, 0.29) is 13.2 Å². The first kappa shape index (κ1) is 10.2. The lowest BCUT2D eigenvalue weighted by atomic mass is 10.6. The van der Waals surface area contributed by atoms with Crippen LogP contribution >= 0.6 is 0 Å². The van der Waals surface area contributed by atoms with Crippen LogP contribution in [0, 0.1) is 0 Å². The van der Waals surface area contributed by atoms with Gasteiger partial charge in [-0.15, -0.1) is 0 Å². The molecule has 0 heterocycles. The Bertz CT molecular complexity index is 117. The molecule has 0 aliphatic heterocycles. The molecule has 5 heteroatoms. The summed E-state index contributed by atoms with van der Waals surface area (Å²) in [4.78, 5) is 11.3. The van der Waals surface area contributed by atoms with Gasteiger partial charge in [-0.05, 0) is 0 Å². The molecule has 11 heavy (non-hydrogen) atoms. The van der Waals surface area contributed by atoms with Crippen molar-refractivity contribution in [3.05, 3.63) is 0 Å². The third-order valence-corrected chi connectivity index (χ3v) is 1.13. The predicted octanol–water partition coefficient (Wildman–Crippen LogP) is -0.395. The van der Waals surface area contributed by atoms with Crippen LogP contribution in [0.25, 0.3) is 0 Å². The Morgan fingerprint density at radius 3 is 2.64 bits per heavy atom. The van der Waals surface area contributed by atoms with Crippen LogP contribution in [0.1, 0.15) is 0 Å². The normalized spacial score (nSPS) is 9.64. The molecule has 0 aliphatic rings. The van der Waals surface area contributed by atoms with Gasteiger partial charge < -0.3 is 19.8 Å². The molecular weight excluding hydrogens is 150 g/mol. The molecule has 0 saturated heterocycles. The summed E-state index contributed by atoms with van der Waals surface area (Å²) >= 11 is 0. The minimum atomic E-state index is -0.974. The van der Waals surface area contributed by atoms with Crippen molar-refractivity contribution in [3.8, 4) is 0 Å². The third kappa shape index (κ3) is 5.63. The van der Waals surface area contributed by atoms with Crippen molar-refractivity contribution in [2.75, 3.05) is 33.4 Å². The number of carbonyl (C=O) groups is 1. The lowest BCUT2D eigenvalue weighted by molar-refractivity contribution is 0.0763. The van der Waals surface area contributed by atoms with Crippen LogP contribution in [0.15, 0.2) is 0 Å². The third-order valence-electron chi connectivity index (χ3n) is 1.13. The van der Waals surface area contributed by atoms with Crippen molar-refractivity contribution in [3.63, 3.8) is 0 Å². The standard InChI is InChI=1S/C6H13NO4/c1-7(6(9)10)2-4-11-5-3-8/h8H,2-5H2,1H3,(H,9,10). The Kier molecular flexibility index (Phi) is 5.50. The molecule has 0 bridgehead atoms. The van der Waals surface area contributed by atoms with Gasteiger partial charge in [-0.2, -0.15) is 0 Å². The number of nitrogens with zero attached hydrogens (tertiary/aromatic N) is 1. The molecule has 0 aliphatic carbocycles. The monoisotopic (exact) mass is 163 g/mol. The molecule has 0 aromatic rings. The molecule has 0 aromatic carbocycles. The van der Waals surface area contributed by atoms with E-state index >= 15 is 0 Å². The van der Waals surface area contributed by atoms with E-state index in [0.717, 1.165) is 4.90 Å². The Morgan fingerprint density at radius 1 is 1.55 bits per heavy atom. The van der Waals surface area contributed by atoms with E-state index < -0.39 is 6.09 Å². The maximum Gasteiger partial charge on any atom is 0.407 e. The average Bonchev–Trinajstić information content (AvgIpc) is 1.97. The topological polar surface area (TPSA) is 70.0 Å². The van der Waals surface area contributed by atoms with Gasteiger partial charge in [-0.3, -0.25) is 0 Å². The number of amides is 1. The minimum absolute atomic E-state index is 0.0310. The smallest absolute Gasteiger partial charge is 0.407 e. The molecule has 0 atom stereocenters. The van der Waals surface area contributed by atoms with Crippen LogP contribution in [0.3, 0.4) is 0 Å². The van der Waals surface area contributed by atoms with Crippen LogP contribution in [0.4, 0.5) is 4.79 Å². The number of aliphatic hydroxyl groups excluding tert-OH is 1. The largest absolute Gasteiger partial charge is 0.465 e. The summed E-state index contributed by atoms with van der Waals surface area (Å²) in [6, 6.07) is 0. The second-order valence-corrected chi connectivity index (χ2v) is 2.04. The number of hydrogen-bond acceptors (Lipinski definition) is 3. The SMILES string of the molecule is CN(CCOCCO)C(=O)O. The summed E-state index contributed by atoms with van der Waals surface area (Å²) in [6.07, 6.45) is -0.974. The van der Waals surface area contributed by atoms with E-state index in [4.69, 9.17) is 14.9 Å². The first-order valence-corrected chi connectivity index (χ1v) is 3.31. The molecule has 0 radical (unpaired) electrons. The fourth-order valence-electron chi connectivity index (χ4n) is 0.464. The van der Waals surface area contributed by atoms with E-state index in [9.17, 15) is 4.79 Å². The van der Waals surface area contributed by atoms with Gasteiger partial charge in [0.05, 0.1) is 19.8 Å². The summed E-state index contributed by atoms with van der Waals surface area (Å²) in [5.74, 6) is 0. The molecule has 0 unspecified atom stereocenters. The molecule has 0 spiro atoms. The molecule has 1 amide bonds. The number of carboxylic acid groups (broad SMARTS) is 1. The van der Waals surface area contributed by atoms with E-state index in [2.05, 4.69) is 0 Å². The second kappa shape index (κ2) is 5.94. The number of aliphatic hydroxyl groups is 1. The average molecular weight is 163 g/mol. The molecule has 0 fully saturated rings. The van der Waals surface area contributed by atoms with Crippen molar-refractivity contribution in [2.24, 2.45) is 0 Å². The summed E-state index contributed by atoms with van der Waals surface area (Å²) in [5, 5.41) is 16.6. The van der Waals surface area contributed by atoms with E-state index in [0.29, 0.717) is 13.2 Å². The summed E-state index contributed by atoms with van der Waals surface area (Å²) in [5.41, 5.74) is 0. The Morgan fingerprint density at radius 2 is 2.18 bits per heavy atom. The quantitative estimate of drug-likeness (QED) is 0.541. The summed E-state index contributed by atoms with van der Waals surface area (Å²) in [7, 11) is 1.46. The highest BCUT2D eigenvalue weighted by Crippen LogP contribution is 1.83. The number of rotatable bonds is 5. The van der Waals surface area contributed by atoms with Crippen molar-refractivity contribution < 1.29 is 19.7 Å². The first-order chi connectivity index (χ1) is 5.18. The maximum atomic E-state index is 10.2. The number of likely N-dealkylation sites (N-methyl/N-ethyl adjacent to an activating group) is 1. The van der Waals surface area contributed by atoms with Gasteiger partial charge in [0.25, 0.3) is 0 Å². The Hall–Kier alpha value is -0.810. The van der Waals surface area contributed by atoms with E-state index in [1.54, 1.807) is 0 Å². The second-order valence-electron chi connectivity index (χ2n) is 2.04. The van der Waals surface area contributed by atoms with Crippen molar-refractivity contribution in [2.45, 2.75) is 0 Å². The van der Waals surface area contributed by atoms with Gasteiger partial charge in [-0.25, -0.2) is 4.79 Å². The zero-order valence-corrected chi connectivity index (χ0v) is 6.49. The minimum Gasteiger partial charge on any atom is -0.465 e. The number of hydrogen-bond donors (Lipinski definition) is 2. The fourth-order valence-corrected chi connectivity index (χ4v) is 0.464. The lowest BCUT2D eigenvalue weighted by Gasteiger charge is -2.11. The highest BCUT2D eigenvalue weighted by molar-refractivity contribution is 5.64. The van der Waals surface area contributed by atoms with Gasteiger partial charge in [0.2, 0.25) is 0 Å². The zero-order chi connectivity index (χ0) is 8.69. The van der Waals surface area contributed by atoms with Gasteiger partial charge in [0.15, 0.2) is 0 Å². The molecule has 5 nitrogen and oxygen atoms in total. The molecular formula is C6H13NO4. The Labute approximate surface area is 65.2 Å². The highest BCUT2D eigenvalue weighted by Gasteiger charge is 2.02.